The average Bonchev–Trinajstić information content (AvgIpc) is 2.67. The van der Waals surface area contributed by atoms with Gasteiger partial charge < -0.3 is 19.5 Å². The Morgan fingerprint density at radius 2 is 1.92 bits per heavy atom. The maximum absolute atomic E-state index is 12.5. The van der Waals surface area contributed by atoms with Crippen LogP contribution >= 0.6 is 0 Å². The molecule has 0 fully saturated rings. The lowest BCUT2D eigenvalue weighted by Crippen LogP contribution is -2.17. The number of rotatable bonds is 3. The Hall–Kier alpha value is -3.28. The first-order chi connectivity index (χ1) is 12.2. The number of nitrogens with one attached hydrogen (secondary N) is 1. The number of carbonyl (C=O) groups excluding carboxylic acids is 1. The number of nitrogens with zero attached hydrogens (tertiary/aromatic N) is 1. The Bertz CT molecular complexity index is 955. The summed E-state index contributed by atoms with van der Waals surface area (Å²) in [6.45, 7) is 1.00. The number of anilines is 1. The number of methoxy groups -OCH3 is 1. The minimum absolute atomic E-state index is 0.230. The van der Waals surface area contributed by atoms with Crippen LogP contribution in [-0.2, 0) is 0 Å². The predicted molar refractivity (Wildman–Crippen MR) is 93.7 cm³/mol. The van der Waals surface area contributed by atoms with Crippen LogP contribution in [0.3, 0.4) is 0 Å². The highest BCUT2D eigenvalue weighted by atomic mass is 16.6. The van der Waals surface area contributed by atoms with Gasteiger partial charge in [0.15, 0.2) is 11.5 Å². The van der Waals surface area contributed by atoms with Crippen LogP contribution in [0.15, 0.2) is 48.7 Å². The number of ether oxygens (including phenoxy) is 3. The Balaban J connectivity index is 1.57. The predicted octanol–water partition coefficient (Wildman–Crippen LogP) is 3.27. The zero-order chi connectivity index (χ0) is 17.2. The maximum atomic E-state index is 12.5. The van der Waals surface area contributed by atoms with E-state index in [1.165, 1.54) is 0 Å². The first kappa shape index (κ1) is 15.3. The van der Waals surface area contributed by atoms with Gasteiger partial charge in [-0.15, -0.1) is 0 Å². The van der Waals surface area contributed by atoms with E-state index in [-0.39, 0.29) is 5.91 Å². The molecule has 0 aliphatic carbocycles. The van der Waals surface area contributed by atoms with Crippen molar-refractivity contribution >= 4 is 22.5 Å². The molecule has 2 heterocycles. The van der Waals surface area contributed by atoms with Gasteiger partial charge in [0.05, 0.1) is 24.5 Å². The van der Waals surface area contributed by atoms with Crippen LogP contribution < -0.4 is 19.5 Å². The quantitative estimate of drug-likeness (QED) is 0.795. The molecule has 0 spiro atoms. The molecule has 0 atom stereocenters. The summed E-state index contributed by atoms with van der Waals surface area (Å²) in [4.78, 5) is 16.8. The molecule has 1 aliphatic heterocycles. The second-order valence-electron chi connectivity index (χ2n) is 5.60. The Morgan fingerprint density at radius 3 is 2.76 bits per heavy atom. The van der Waals surface area contributed by atoms with Gasteiger partial charge in [-0.1, -0.05) is 0 Å². The van der Waals surface area contributed by atoms with Crippen molar-refractivity contribution < 1.29 is 19.0 Å². The first-order valence-corrected chi connectivity index (χ1v) is 7.88. The number of amides is 1. The molecule has 6 nitrogen and oxygen atoms in total. The van der Waals surface area contributed by atoms with Gasteiger partial charge >= 0.3 is 0 Å². The molecule has 1 N–H and O–H groups in total. The fourth-order valence-electron chi connectivity index (χ4n) is 2.68. The van der Waals surface area contributed by atoms with Crippen molar-refractivity contribution in [3.05, 3.63) is 54.2 Å². The molecule has 0 bridgehead atoms. The van der Waals surface area contributed by atoms with E-state index in [0.29, 0.717) is 36.0 Å². The molecule has 1 aromatic heterocycles. The molecule has 6 heteroatoms. The van der Waals surface area contributed by atoms with E-state index in [2.05, 4.69) is 10.3 Å². The van der Waals surface area contributed by atoms with E-state index in [1.807, 2.05) is 24.3 Å². The molecule has 0 saturated heterocycles. The molecule has 1 aliphatic rings. The maximum Gasteiger partial charge on any atom is 0.255 e. The van der Waals surface area contributed by atoms with Crippen LogP contribution in [0.25, 0.3) is 10.9 Å². The highest BCUT2D eigenvalue weighted by Crippen LogP contribution is 2.31. The van der Waals surface area contributed by atoms with Crippen molar-refractivity contribution in [1.82, 2.24) is 4.98 Å². The minimum Gasteiger partial charge on any atom is -0.497 e. The van der Waals surface area contributed by atoms with Gasteiger partial charge in [0.25, 0.3) is 5.91 Å². The number of hydrogen-bond donors (Lipinski definition) is 1. The van der Waals surface area contributed by atoms with E-state index >= 15 is 0 Å². The molecule has 25 heavy (non-hydrogen) atoms. The standard InChI is InChI=1S/C19H16N2O4/c1-23-15-4-2-12-8-14(11-20-16(12)10-15)21-19(22)13-3-5-17-18(9-13)25-7-6-24-17/h2-5,8-11H,6-7H2,1H3,(H,21,22). The van der Waals surface area contributed by atoms with E-state index in [1.54, 1.807) is 31.5 Å². The number of carbonyl (C=O) groups is 1. The zero-order valence-electron chi connectivity index (χ0n) is 13.6. The van der Waals surface area contributed by atoms with E-state index in [4.69, 9.17) is 14.2 Å². The van der Waals surface area contributed by atoms with Crippen molar-refractivity contribution in [1.29, 1.82) is 0 Å². The second-order valence-corrected chi connectivity index (χ2v) is 5.60. The largest absolute Gasteiger partial charge is 0.497 e. The molecule has 0 saturated carbocycles. The summed E-state index contributed by atoms with van der Waals surface area (Å²) in [5.41, 5.74) is 1.92. The van der Waals surface area contributed by atoms with E-state index < -0.39 is 0 Å². The van der Waals surface area contributed by atoms with Gasteiger partial charge in [0.2, 0.25) is 0 Å². The lowest BCUT2D eigenvalue weighted by atomic mass is 10.1. The normalized spacial score (nSPS) is 12.7. The summed E-state index contributed by atoms with van der Waals surface area (Å²) >= 11 is 0. The molecule has 2 aromatic carbocycles. The van der Waals surface area contributed by atoms with Gasteiger partial charge in [0, 0.05) is 17.0 Å². The summed E-state index contributed by atoms with van der Waals surface area (Å²) in [6, 6.07) is 12.6. The fraction of sp³-hybridized carbons (Fsp3) is 0.158. The summed E-state index contributed by atoms with van der Waals surface area (Å²) in [5, 5.41) is 3.77. The Morgan fingerprint density at radius 1 is 1.08 bits per heavy atom. The molecular formula is C19H16N2O4. The third-order valence-corrected chi connectivity index (χ3v) is 3.95. The van der Waals surface area contributed by atoms with E-state index in [0.717, 1.165) is 16.7 Å². The monoisotopic (exact) mass is 336 g/mol. The number of pyridine rings is 1. The zero-order valence-corrected chi connectivity index (χ0v) is 13.6. The van der Waals surface area contributed by atoms with Crippen molar-refractivity contribution in [3.63, 3.8) is 0 Å². The van der Waals surface area contributed by atoms with Gasteiger partial charge in [-0.2, -0.15) is 0 Å². The molecule has 126 valence electrons. The van der Waals surface area contributed by atoms with Crippen molar-refractivity contribution in [2.75, 3.05) is 25.6 Å². The lowest BCUT2D eigenvalue weighted by molar-refractivity contribution is 0.102. The van der Waals surface area contributed by atoms with Crippen molar-refractivity contribution in [3.8, 4) is 17.2 Å². The van der Waals surface area contributed by atoms with Crippen molar-refractivity contribution in [2.45, 2.75) is 0 Å². The van der Waals surface area contributed by atoms with Gasteiger partial charge in [-0.3, -0.25) is 9.78 Å². The van der Waals surface area contributed by atoms with Gasteiger partial charge in [-0.25, -0.2) is 0 Å². The molecule has 1 amide bonds. The number of hydrogen-bond acceptors (Lipinski definition) is 5. The van der Waals surface area contributed by atoms with Crippen LogP contribution in [0.1, 0.15) is 10.4 Å². The molecular weight excluding hydrogens is 320 g/mol. The smallest absolute Gasteiger partial charge is 0.255 e. The number of benzene rings is 2. The molecule has 3 aromatic rings. The molecule has 0 unspecified atom stereocenters. The van der Waals surface area contributed by atoms with Gasteiger partial charge in [0.1, 0.15) is 19.0 Å². The summed E-state index contributed by atoms with van der Waals surface area (Å²) in [6.07, 6.45) is 1.62. The molecule has 0 radical (unpaired) electrons. The van der Waals surface area contributed by atoms with Crippen LogP contribution in [0.2, 0.25) is 0 Å². The van der Waals surface area contributed by atoms with Crippen LogP contribution in [-0.4, -0.2) is 31.2 Å². The Labute approximate surface area is 144 Å². The van der Waals surface area contributed by atoms with Crippen molar-refractivity contribution in [2.24, 2.45) is 0 Å². The van der Waals surface area contributed by atoms with E-state index in [9.17, 15) is 4.79 Å². The highest BCUT2D eigenvalue weighted by Gasteiger charge is 2.15. The van der Waals surface area contributed by atoms with Crippen LogP contribution in [0.5, 0.6) is 17.2 Å². The highest BCUT2D eigenvalue weighted by molar-refractivity contribution is 6.05. The summed E-state index contributed by atoms with van der Waals surface area (Å²) < 4.78 is 16.2. The lowest BCUT2D eigenvalue weighted by Gasteiger charge is -2.18. The third kappa shape index (κ3) is 3.06. The third-order valence-electron chi connectivity index (χ3n) is 3.95. The number of aromatic nitrogens is 1. The summed E-state index contributed by atoms with van der Waals surface area (Å²) in [5.74, 6) is 1.76. The van der Waals surface area contributed by atoms with Crippen LogP contribution in [0.4, 0.5) is 5.69 Å². The second kappa shape index (κ2) is 6.32. The number of fused-ring (bicyclic) bond motifs is 2. The van der Waals surface area contributed by atoms with Crippen LogP contribution in [0, 0.1) is 0 Å². The SMILES string of the molecule is COc1ccc2cc(NC(=O)c3ccc4c(c3)OCCO4)cnc2c1. The molecule has 4 rings (SSSR count). The summed E-state index contributed by atoms with van der Waals surface area (Å²) in [7, 11) is 1.61. The topological polar surface area (TPSA) is 69.7 Å². The minimum atomic E-state index is -0.230. The fourth-order valence-corrected chi connectivity index (χ4v) is 2.68. The Kier molecular flexibility index (Phi) is 3.85. The first-order valence-electron chi connectivity index (χ1n) is 7.88. The average molecular weight is 336 g/mol. The van der Waals surface area contributed by atoms with Gasteiger partial charge in [-0.05, 0) is 36.4 Å².